The predicted molar refractivity (Wildman–Crippen MR) is 15.4 cm³/mol. The summed E-state index contributed by atoms with van der Waals surface area (Å²) in [6.07, 6.45) is 0. The van der Waals surface area contributed by atoms with E-state index in [2.05, 4.69) is 0 Å². The van der Waals surface area contributed by atoms with Crippen molar-refractivity contribution in [2.24, 2.45) is 0 Å². The van der Waals surface area contributed by atoms with Gasteiger partial charge in [0.1, 0.15) is 0 Å². The van der Waals surface area contributed by atoms with Crippen LogP contribution < -0.4 is 0 Å². The third-order valence-electron chi connectivity index (χ3n) is 0. The van der Waals surface area contributed by atoms with Gasteiger partial charge in [0.25, 0.3) is 0 Å². The summed E-state index contributed by atoms with van der Waals surface area (Å²) in [6, 6.07) is 0. The number of halogens is 1. The van der Waals surface area contributed by atoms with E-state index in [9.17, 15) is 3.38 Å². The molecule has 0 rings (SSSR count). The van der Waals surface area contributed by atoms with Crippen LogP contribution >= 0.6 is 0 Å². The van der Waals surface area contributed by atoms with Gasteiger partial charge < -0.3 is 0 Å². The Morgan fingerprint density at radius 1 is 1.25 bits per heavy atom. The first-order chi connectivity index (χ1) is 1.00. The fourth-order valence-corrected chi connectivity index (χ4v) is 0. The largest absolute Gasteiger partial charge is 0 e. The van der Waals surface area contributed by atoms with Crippen molar-refractivity contribution in [1.29, 1.82) is 0 Å². The summed E-state index contributed by atoms with van der Waals surface area (Å²) in [5.74, 6) is 0. The van der Waals surface area contributed by atoms with Crippen LogP contribution in [0.5, 0.6) is 0 Å². The summed E-state index contributed by atoms with van der Waals surface area (Å²) in [4.78, 5) is 0. The minimum absolute atomic E-state index is 0. The van der Waals surface area contributed by atoms with Gasteiger partial charge in [-0.1, -0.05) is 0 Å². The molecule has 0 heterocycles. The molecular formula is H2BeFLiW. The number of rotatable bonds is 0. The van der Waals surface area contributed by atoms with E-state index in [1.165, 1.54) is 0 Å². The summed E-state index contributed by atoms with van der Waals surface area (Å²) < 4.78 is 9.50. The maximum Gasteiger partial charge on any atom is 0 e. The molecule has 0 aromatic carbocycles. The molecule has 0 atom stereocenters. The minimum atomic E-state index is 0. The molecule has 4 heavy (non-hydrogen) atoms. The topological polar surface area (TPSA) is 0 Å². The van der Waals surface area contributed by atoms with Gasteiger partial charge in [-0.25, -0.2) is 0 Å². The first kappa shape index (κ1) is 18.2. The van der Waals surface area contributed by atoms with Gasteiger partial charge in [0, 0.05) is 21.1 Å². The van der Waals surface area contributed by atoms with Crippen LogP contribution in [0.3, 0.4) is 0 Å². The van der Waals surface area contributed by atoms with E-state index in [0.29, 0.717) is 18.2 Å². The zero-order valence-electron chi connectivity index (χ0n) is 1.79. The van der Waals surface area contributed by atoms with Gasteiger partial charge in [-0.2, -0.15) is 0 Å². The monoisotopic (exact) mass is 221 g/mol. The molecule has 0 aliphatic heterocycles. The van der Waals surface area contributed by atoms with Crippen LogP contribution in [0.25, 0.3) is 0 Å². The Hall–Kier alpha value is 1.38. The molecule has 0 aliphatic carbocycles. The zero-order valence-corrected chi connectivity index (χ0v) is 4.72. The SMILES string of the molecule is [BeH2].[Li][F].[W]. The normalized spacial score (nSPS) is 1.75. The van der Waals surface area contributed by atoms with Gasteiger partial charge >= 0.3 is 31.7 Å². The molecule has 0 N–H and O–H groups in total. The van der Waals surface area contributed by atoms with Crippen molar-refractivity contribution in [2.75, 3.05) is 0 Å². The fraction of sp³-hybridized carbons (Fsp3) is 0. The second kappa shape index (κ2) is 26.2. The van der Waals surface area contributed by atoms with Gasteiger partial charge in [-0.05, 0) is 0 Å². The predicted octanol–water partition coefficient (Wildman–Crippen LogP) is -0.879. The fourth-order valence-electron chi connectivity index (χ4n) is 0. The van der Waals surface area contributed by atoms with Crippen molar-refractivity contribution in [1.82, 2.24) is 0 Å². The molecule has 0 fully saturated rings. The van der Waals surface area contributed by atoms with E-state index < -0.39 is 0 Å². The Balaban J connectivity index is -0.00000000500. The molecule has 4 heteroatoms. The van der Waals surface area contributed by atoms with Crippen molar-refractivity contribution < 1.29 is 24.4 Å². The van der Waals surface area contributed by atoms with E-state index in [4.69, 9.17) is 0 Å². The Morgan fingerprint density at radius 2 is 1.25 bits per heavy atom. The molecule has 0 aromatic heterocycles. The molecule has 0 amide bonds. The Kier molecular flexibility index (Phi) is 119. The molecule has 0 aliphatic rings. The molecular weight excluding hydrogens is 219 g/mol. The Morgan fingerprint density at radius 3 is 1.25 bits per heavy atom. The van der Waals surface area contributed by atoms with Crippen LogP contribution in [0.1, 0.15) is 0 Å². The maximum absolute atomic E-state index is 9.50. The van der Waals surface area contributed by atoms with E-state index in [1.54, 1.807) is 0 Å². The van der Waals surface area contributed by atoms with Crippen LogP contribution in [-0.4, -0.2) is 28.3 Å². The van der Waals surface area contributed by atoms with Crippen molar-refractivity contribution in [3.63, 3.8) is 0 Å². The van der Waals surface area contributed by atoms with Gasteiger partial charge in [-0.15, -0.1) is 0 Å². The number of hydrogen-bond donors (Lipinski definition) is 0. The third-order valence-corrected chi connectivity index (χ3v) is 0. The summed E-state index contributed by atoms with van der Waals surface area (Å²) in [7, 11) is 0. The van der Waals surface area contributed by atoms with Crippen LogP contribution in [-0.2, 0) is 21.1 Å². The molecule has 0 saturated heterocycles. The Labute approximate surface area is 52.8 Å². The second-order valence-corrected chi connectivity index (χ2v) is 0. The average Bonchev–Trinajstić information content (AvgIpc) is 1.00. The summed E-state index contributed by atoms with van der Waals surface area (Å²) in [6.45, 7) is 0. The van der Waals surface area contributed by atoms with Gasteiger partial charge in [0.15, 0.2) is 0 Å². The molecule has 0 saturated carbocycles. The number of hydrogen-bond acceptors (Lipinski definition) is 0. The summed E-state index contributed by atoms with van der Waals surface area (Å²) in [5.41, 5.74) is 0. The van der Waals surface area contributed by atoms with E-state index in [1.807, 2.05) is 0 Å². The van der Waals surface area contributed by atoms with Crippen molar-refractivity contribution >= 4 is 28.3 Å². The van der Waals surface area contributed by atoms with E-state index >= 15 is 0 Å². The standard InChI is InChI=1S/Be.FH.Li.W.2H/h;1H;;;;/q;;+1;;;/p-1. The van der Waals surface area contributed by atoms with Crippen LogP contribution in [0.2, 0.25) is 0 Å². The van der Waals surface area contributed by atoms with E-state index in [0.717, 1.165) is 0 Å². The third kappa shape index (κ3) is 10.0. The molecule has 18 valence electrons. The Bertz CT molecular complexity index is 8.00. The van der Waals surface area contributed by atoms with Gasteiger partial charge in [0.05, 0.1) is 0 Å². The van der Waals surface area contributed by atoms with Crippen molar-refractivity contribution in [2.45, 2.75) is 0 Å². The van der Waals surface area contributed by atoms with Crippen molar-refractivity contribution in [3.05, 3.63) is 0 Å². The first-order valence-corrected chi connectivity index (χ1v) is 0.378. The molecule has 0 bridgehead atoms. The molecule has 0 unspecified atom stereocenters. The summed E-state index contributed by atoms with van der Waals surface area (Å²) in [5, 5.41) is 0. The zero-order chi connectivity index (χ0) is 2.00. The van der Waals surface area contributed by atoms with Gasteiger partial charge in [0.2, 0.25) is 0 Å². The van der Waals surface area contributed by atoms with Crippen LogP contribution in [0.15, 0.2) is 0 Å². The molecule has 0 radical (unpaired) electrons. The van der Waals surface area contributed by atoms with Crippen LogP contribution in [0, 0.1) is 0 Å². The smallest absolute Gasteiger partial charge is 0 e. The first-order valence-electron chi connectivity index (χ1n) is 0.378. The quantitative estimate of drug-likeness (QED) is 0.466. The minimum Gasteiger partial charge on any atom is 0 e. The van der Waals surface area contributed by atoms with Gasteiger partial charge in [-0.3, -0.25) is 0 Å². The maximum atomic E-state index is 9.50. The second-order valence-electron chi connectivity index (χ2n) is 0. The summed E-state index contributed by atoms with van der Waals surface area (Å²) >= 11 is 0.500. The van der Waals surface area contributed by atoms with Crippen molar-refractivity contribution in [3.8, 4) is 0 Å². The molecule has 0 nitrogen and oxygen atoms in total. The molecule has 0 aromatic rings. The van der Waals surface area contributed by atoms with E-state index in [-0.39, 0.29) is 31.2 Å². The molecule has 0 spiro atoms. The van der Waals surface area contributed by atoms with Crippen LogP contribution in [0.4, 0.5) is 3.38 Å². The average molecular weight is 221 g/mol.